The van der Waals surface area contributed by atoms with Crippen LogP contribution in [0.15, 0.2) is 35.4 Å². The number of nitrogens with one attached hydrogen (secondary N) is 2. The third-order valence-corrected chi connectivity index (χ3v) is 3.43. The Bertz CT molecular complexity index is 454. The van der Waals surface area contributed by atoms with Crippen LogP contribution in [0.3, 0.4) is 0 Å². The predicted molar refractivity (Wildman–Crippen MR) is 73.2 cm³/mol. The number of carbonyl (C=O) groups excluding carboxylic acids is 1. The van der Waals surface area contributed by atoms with Crippen LogP contribution in [-0.2, 0) is 17.8 Å². The molecule has 18 heavy (non-hydrogen) atoms. The van der Waals surface area contributed by atoms with Crippen LogP contribution >= 0.6 is 0 Å². The summed E-state index contributed by atoms with van der Waals surface area (Å²) < 4.78 is 0. The van der Waals surface area contributed by atoms with Crippen molar-refractivity contribution in [2.45, 2.75) is 26.8 Å². The molecule has 1 heterocycles. The van der Waals surface area contributed by atoms with Crippen LogP contribution in [0.1, 0.15) is 25.0 Å². The van der Waals surface area contributed by atoms with Gasteiger partial charge in [0.25, 0.3) is 0 Å². The van der Waals surface area contributed by atoms with Crippen molar-refractivity contribution >= 4 is 5.91 Å². The minimum Gasteiger partial charge on any atom is -0.348 e. The first-order chi connectivity index (χ1) is 8.70. The molecule has 3 heteroatoms. The van der Waals surface area contributed by atoms with Crippen LogP contribution in [0.25, 0.3) is 0 Å². The first-order valence-electron chi connectivity index (χ1n) is 6.46. The Kier molecular flexibility index (Phi) is 4.15. The monoisotopic (exact) mass is 244 g/mol. The smallest absolute Gasteiger partial charge is 0.247 e. The molecule has 2 N–H and O–H groups in total. The lowest BCUT2D eigenvalue weighted by molar-refractivity contribution is -0.117. The molecule has 1 saturated heterocycles. The number of carbonyl (C=O) groups is 1. The zero-order chi connectivity index (χ0) is 13.0. The number of amides is 1. The van der Waals surface area contributed by atoms with Crippen LogP contribution in [-0.4, -0.2) is 19.0 Å². The largest absolute Gasteiger partial charge is 0.348 e. The molecular weight excluding hydrogens is 224 g/mol. The van der Waals surface area contributed by atoms with Crippen LogP contribution in [0.4, 0.5) is 0 Å². The van der Waals surface area contributed by atoms with E-state index in [0.717, 1.165) is 30.6 Å². The quantitative estimate of drug-likeness (QED) is 0.793. The first-order valence-corrected chi connectivity index (χ1v) is 6.46. The number of rotatable bonds is 4. The minimum atomic E-state index is 0.0473. The van der Waals surface area contributed by atoms with Crippen molar-refractivity contribution in [3.8, 4) is 0 Å². The highest BCUT2D eigenvalue weighted by Gasteiger charge is 2.15. The molecule has 0 atom stereocenters. The van der Waals surface area contributed by atoms with E-state index in [0.29, 0.717) is 6.54 Å². The normalized spacial score (nSPS) is 14.0. The van der Waals surface area contributed by atoms with Crippen molar-refractivity contribution < 1.29 is 4.79 Å². The van der Waals surface area contributed by atoms with Gasteiger partial charge in [-0.1, -0.05) is 31.2 Å². The summed E-state index contributed by atoms with van der Waals surface area (Å²) in [6.07, 6.45) is 1.05. The third-order valence-electron chi connectivity index (χ3n) is 3.43. The molecule has 0 spiro atoms. The molecule has 0 bridgehead atoms. The van der Waals surface area contributed by atoms with E-state index in [4.69, 9.17) is 0 Å². The summed E-state index contributed by atoms with van der Waals surface area (Å²) in [6, 6.07) is 8.38. The third kappa shape index (κ3) is 2.99. The van der Waals surface area contributed by atoms with E-state index in [1.54, 1.807) is 0 Å². The lowest BCUT2D eigenvalue weighted by Crippen LogP contribution is -2.37. The standard InChI is InChI=1S/C15H20N2O/c1-3-12-4-6-13(7-5-12)8-17-15(18)11(2)14-9-16-10-14/h4-7,16H,3,8-10H2,1-2H3,(H,17,18). The van der Waals surface area contributed by atoms with E-state index in [1.165, 1.54) is 11.1 Å². The van der Waals surface area contributed by atoms with Gasteiger partial charge in [0.15, 0.2) is 0 Å². The Morgan fingerprint density at radius 2 is 1.83 bits per heavy atom. The van der Waals surface area contributed by atoms with Gasteiger partial charge < -0.3 is 10.6 Å². The molecular formula is C15H20N2O. The van der Waals surface area contributed by atoms with Gasteiger partial charge in [0.1, 0.15) is 0 Å². The molecule has 0 aliphatic carbocycles. The number of hydrogen-bond donors (Lipinski definition) is 2. The van der Waals surface area contributed by atoms with E-state index in [-0.39, 0.29) is 5.91 Å². The highest BCUT2D eigenvalue weighted by Crippen LogP contribution is 2.09. The summed E-state index contributed by atoms with van der Waals surface area (Å²) in [4.78, 5) is 11.9. The predicted octanol–water partition coefficient (Wildman–Crippen LogP) is 1.78. The van der Waals surface area contributed by atoms with Gasteiger partial charge >= 0.3 is 0 Å². The summed E-state index contributed by atoms with van der Waals surface area (Å²) in [5.74, 6) is 0.0473. The zero-order valence-electron chi connectivity index (χ0n) is 11.0. The minimum absolute atomic E-state index is 0.0473. The molecule has 1 aliphatic rings. The van der Waals surface area contributed by atoms with Crippen LogP contribution < -0.4 is 10.6 Å². The average molecular weight is 244 g/mol. The first kappa shape index (κ1) is 12.8. The fourth-order valence-electron chi connectivity index (χ4n) is 1.88. The molecule has 2 rings (SSSR count). The second-order valence-electron chi connectivity index (χ2n) is 4.68. The van der Waals surface area contributed by atoms with E-state index in [9.17, 15) is 4.79 Å². The lowest BCUT2D eigenvalue weighted by Gasteiger charge is -2.21. The van der Waals surface area contributed by atoms with Gasteiger partial charge in [0.05, 0.1) is 0 Å². The van der Waals surface area contributed by atoms with Crippen molar-refractivity contribution in [1.29, 1.82) is 0 Å². The SMILES string of the molecule is CCc1ccc(CNC(=O)C(C)=C2CNC2)cc1. The van der Waals surface area contributed by atoms with E-state index in [1.807, 2.05) is 6.92 Å². The maximum atomic E-state index is 11.9. The Morgan fingerprint density at radius 3 is 2.33 bits per heavy atom. The van der Waals surface area contributed by atoms with Crippen molar-refractivity contribution in [1.82, 2.24) is 10.6 Å². The molecule has 96 valence electrons. The van der Waals surface area contributed by atoms with Crippen molar-refractivity contribution in [3.63, 3.8) is 0 Å². The van der Waals surface area contributed by atoms with Crippen molar-refractivity contribution in [2.24, 2.45) is 0 Å². The summed E-state index contributed by atoms with van der Waals surface area (Å²) in [6.45, 7) is 6.33. The fourth-order valence-corrected chi connectivity index (χ4v) is 1.88. The van der Waals surface area contributed by atoms with E-state index >= 15 is 0 Å². The average Bonchev–Trinajstić information content (AvgIpc) is 2.34. The summed E-state index contributed by atoms with van der Waals surface area (Å²) in [7, 11) is 0. The summed E-state index contributed by atoms with van der Waals surface area (Å²) in [5.41, 5.74) is 4.54. The molecule has 1 fully saturated rings. The maximum Gasteiger partial charge on any atom is 0.247 e. The van der Waals surface area contributed by atoms with E-state index in [2.05, 4.69) is 41.8 Å². The van der Waals surface area contributed by atoms with Gasteiger partial charge in [-0.05, 0) is 30.0 Å². The molecule has 0 unspecified atom stereocenters. The van der Waals surface area contributed by atoms with Crippen LogP contribution in [0, 0.1) is 0 Å². The molecule has 0 radical (unpaired) electrons. The van der Waals surface area contributed by atoms with Crippen molar-refractivity contribution in [3.05, 3.63) is 46.5 Å². The molecule has 3 nitrogen and oxygen atoms in total. The fraction of sp³-hybridized carbons (Fsp3) is 0.400. The van der Waals surface area contributed by atoms with Gasteiger partial charge in [-0.15, -0.1) is 0 Å². The Balaban J connectivity index is 1.88. The summed E-state index contributed by atoms with van der Waals surface area (Å²) >= 11 is 0. The summed E-state index contributed by atoms with van der Waals surface area (Å²) in [5, 5.41) is 6.11. The molecule has 0 aromatic heterocycles. The van der Waals surface area contributed by atoms with Crippen LogP contribution in [0.5, 0.6) is 0 Å². The van der Waals surface area contributed by atoms with Crippen molar-refractivity contribution in [2.75, 3.05) is 13.1 Å². The zero-order valence-corrected chi connectivity index (χ0v) is 11.0. The Labute approximate surface area is 108 Å². The Hall–Kier alpha value is -1.61. The topological polar surface area (TPSA) is 41.1 Å². The highest BCUT2D eigenvalue weighted by atomic mass is 16.1. The second kappa shape index (κ2) is 5.83. The molecule has 1 aromatic carbocycles. The highest BCUT2D eigenvalue weighted by molar-refractivity contribution is 5.93. The number of benzene rings is 1. The molecule has 1 amide bonds. The molecule has 1 aliphatic heterocycles. The van der Waals surface area contributed by atoms with Gasteiger partial charge in [-0.2, -0.15) is 0 Å². The van der Waals surface area contributed by atoms with Gasteiger partial charge in [-0.25, -0.2) is 0 Å². The Morgan fingerprint density at radius 1 is 1.22 bits per heavy atom. The van der Waals surface area contributed by atoms with Gasteiger partial charge in [-0.3, -0.25) is 4.79 Å². The molecule has 1 aromatic rings. The second-order valence-corrected chi connectivity index (χ2v) is 4.68. The maximum absolute atomic E-state index is 11.9. The molecule has 0 saturated carbocycles. The van der Waals surface area contributed by atoms with E-state index < -0.39 is 0 Å². The van der Waals surface area contributed by atoms with Gasteiger partial charge in [0.2, 0.25) is 5.91 Å². The lowest BCUT2D eigenvalue weighted by atomic mass is 10.0. The number of aryl methyl sites for hydroxylation is 1. The van der Waals surface area contributed by atoms with Gasteiger partial charge in [0, 0.05) is 25.2 Å². The number of hydrogen-bond acceptors (Lipinski definition) is 2. The van der Waals surface area contributed by atoms with Crippen LogP contribution in [0.2, 0.25) is 0 Å².